The Morgan fingerprint density at radius 2 is 2.05 bits per heavy atom. The first-order valence-electron chi connectivity index (χ1n) is 8.32. The van der Waals surface area contributed by atoms with E-state index in [0.29, 0.717) is 6.04 Å². The molecular weight excluding hydrogens is 260 g/mol. The lowest BCUT2D eigenvalue weighted by molar-refractivity contribution is 0.312. The van der Waals surface area contributed by atoms with Gasteiger partial charge in [-0.3, -0.25) is 11.3 Å². The van der Waals surface area contributed by atoms with Gasteiger partial charge in [0.05, 0.1) is 7.11 Å². The molecule has 1 aliphatic rings. The molecule has 1 fully saturated rings. The minimum atomic E-state index is 0.336. The van der Waals surface area contributed by atoms with Gasteiger partial charge in [0.25, 0.3) is 0 Å². The second-order valence-electron chi connectivity index (χ2n) is 6.46. The van der Waals surface area contributed by atoms with Gasteiger partial charge in [0.1, 0.15) is 5.75 Å². The van der Waals surface area contributed by atoms with Gasteiger partial charge < -0.3 is 4.74 Å². The zero-order valence-corrected chi connectivity index (χ0v) is 13.5. The van der Waals surface area contributed by atoms with Gasteiger partial charge in [0, 0.05) is 6.04 Å². The molecule has 0 heterocycles. The van der Waals surface area contributed by atoms with Gasteiger partial charge in [-0.2, -0.15) is 0 Å². The summed E-state index contributed by atoms with van der Waals surface area (Å²) < 4.78 is 5.47. The van der Waals surface area contributed by atoms with Crippen LogP contribution in [0.25, 0.3) is 0 Å². The maximum Gasteiger partial charge on any atom is 0.122 e. The number of ether oxygens (including phenoxy) is 1. The Hall–Kier alpha value is -1.06. The van der Waals surface area contributed by atoms with Crippen molar-refractivity contribution in [2.24, 2.45) is 11.8 Å². The maximum absolute atomic E-state index is 5.77. The predicted octanol–water partition coefficient (Wildman–Crippen LogP) is 3.74. The standard InChI is InChI=1S/C18H30N2O/c1-14-8-11-18(21-2)16(12-14)13-17(20-19)10-9-15-6-4-3-5-7-15/h8,11-12,15,17,20H,3-7,9-10,13,19H2,1-2H3. The first kappa shape index (κ1) is 16.3. The quantitative estimate of drug-likeness (QED) is 0.594. The van der Waals surface area contributed by atoms with Crippen molar-refractivity contribution in [3.8, 4) is 5.75 Å². The van der Waals surface area contributed by atoms with Crippen LogP contribution < -0.4 is 16.0 Å². The molecule has 3 heteroatoms. The number of benzene rings is 1. The zero-order chi connectivity index (χ0) is 15.1. The topological polar surface area (TPSA) is 47.3 Å². The summed E-state index contributed by atoms with van der Waals surface area (Å²) >= 11 is 0. The van der Waals surface area contributed by atoms with Crippen LogP contribution >= 0.6 is 0 Å². The Morgan fingerprint density at radius 3 is 2.71 bits per heavy atom. The smallest absolute Gasteiger partial charge is 0.122 e. The number of hydrogen-bond donors (Lipinski definition) is 2. The molecule has 3 N–H and O–H groups in total. The van der Waals surface area contributed by atoms with Crippen LogP contribution in [0.2, 0.25) is 0 Å². The van der Waals surface area contributed by atoms with Gasteiger partial charge in [-0.1, -0.05) is 49.8 Å². The highest BCUT2D eigenvalue weighted by Gasteiger charge is 2.17. The van der Waals surface area contributed by atoms with Crippen molar-refractivity contribution >= 4 is 0 Å². The van der Waals surface area contributed by atoms with Crippen LogP contribution in [0, 0.1) is 12.8 Å². The molecule has 1 aromatic carbocycles. The summed E-state index contributed by atoms with van der Waals surface area (Å²) in [5, 5.41) is 0. The number of rotatable bonds is 7. The van der Waals surface area contributed by atoms with E-state index in [0.717, 1.165) is 24.5 Å². The third-order valence-corrected chi connectivity index (χ3v) is 4.79. The lowest BCUT2D eigenvalue weighted by atomic mass is 9.84. The highest BCUT2D eigenvalue weighted by Crippen LogP contribution is 2.28. The van der Waals surface area contributed by atoms with Crippen molar-refractivity contribution < 1.29 is 4.74 Å². The largest absolute Gasteiger partial charge is 0.496 e. The molecule has 0 amide bonds. The Bertz CT molecular complexity index is 427. The van der Waals surface area contributed by atoms with E-state index in [9.17, 15) is 0 Å². The fourth-order valence-corrected chi connectivity index (χ4v) is 3.49. The lowest BCUT2D eigenvalue weighted by Gasteiger charge is -2.24. The highest BCUT2D eigenvalue weighted by atomic mass is 16.5. The number of aryl methyl sites for hydroxylation is 1. The molecule has 0 spiro atoms. The van der Waals surface area contributed by atoms with Gasteiger partial charge in [-0.05, 0) is 43.7 Å². The van der Waals surface area contributed by atoms with Crippen LogP contribution in [0.5, 0.6) is 5.75 Å². The Balaban J connectivity index is 1.90. The molecule has 1 saturated carbocycles. The van der Waals surface area contributed by atoms with Gasteiger partial charge in [0.2, 0.25) is 0 Å². The number of hydrogen-bond acceptors (Lipinski definition) is 3. The van der Waals surface area contributed by atoms with E-state index in [4.69, 9.17) is 10.6 Å². The minimum absolute atomic E-state index is 0.336. The molecule has 2 rings (SSSR count). The molecule has 0 bridgehead atoms. The van der Waals surface area contributed by atoms with Crippen LogP contribution in [-0.2, 0) is 6.42 Å². The molecule has 1 aliphatic carbocycles. The van der Waals surface area contributed by atoms with E-state index < -0.39 is 0 Å². The molecule has 3 nitrogen and oxygen atoms in total. The second kappa shape index (κ2) is 8.40. The molecule has 1 atom stereocenters. The molecule has 0 aliphatic heterocycles. The Kier molecular flexibility index (Phi) is 6.52. The van der Waals surface area contributed by atoms with Gasteiger partial charge >= 0.3 is 0 Å². The third-order valence-electron chi connectivity index (χ3n) is 4.79. The average Bonchev–Trinajstić information content (AvgIpc) is 2.52. The van der Waals surface area contributed by atoms with Crippen LogP contribution in [0.1, 0.15) is 56.1 Å². The molecular formula is C18H30N2O. The van der Waals surface area contributed by atoms with Gasteiger partial charge in [-0.25, -0.2) is 0 Å². The molecule has 0 saturated heterocycles. The SMILES string of the molecule is COc1ccc(C)cc1CC(CCC1CCCCC1)NN. The third kappa shape index (κ3) is 5.01. The van der Waals surface area contributed by atoms with Crippen molar-refractivity contribution in [1.29, 1.82) is 0 Å². The molecule has 1 aromatic rings. The van der Waals surface area contributed by atoms with Crippen LogP contribution in [-0.4, -0.2) is 13.2 Å². The van der Waals surface area contributed by atoms with Crippen molar-refractivity contribution in [2.75, 3.05) is 7.11 Å². The van der Waals surface area contributed by atoms with Crippen molar-refractivity contribution in [1.82, 2.24) is 5.43 Å². The summed E-state index contributed by atoms with van der Waals surface area (Å²) in [7, 11) is 1.74. The molecule has 21 heavy (non-hydrogen) atoms. The first-order chi connectivity index (χ1) is 10.2. The number of hydrazine groups is 1. The average molecular weight is 290 g/mol. The van der Waals surface area contributed by atoms with Crippen LogP contribution in [0.4, 0.5) is 0 Å². The molecule has 0 aromatic heterocycles. The minimum Gasteiger partial charge on any atom is -0.496 e. The van der Waals surface area contributed by atoms with E-state index >= 15 is 0 Å². The highest BCUT2D eigenvalue weighted by molar-refractivity contribution is 5.37. The Morgan fingerprint density at radius 1 is 1.29 bits per heavy atom. The zero-order valence-electron chi connectivity index (χ0n) is 13.5. The summed E-state index contributed by atoms with van der Waals surface area (Å²) in [5.74, 6) is 7.66. The van der Waals surface area contributed by atoms with E-state index in [1.807, 2.05) is 0 Å². The summed E-state index contributed by atoms with van der Waals surface area (Å²) in [6.45, 7) is 2.12. The summed E-state index contributed by atoms with van der Waals surface area (Å²) in [5.41, 5.74) is 5.53. The normalized spacial score (nSPS) is 17.7. The number of nitrogens with one attached hydrogen (secondary N) is 1. The monoisotopic (exact) mass is 290 g/mol. The van der Waals surface area contributed by atoms with E-state index in [1.165, 1.54) is 49.7 Å². The van der Waals surface area contributed by atoms with Gasteiger partial charge in [-0.15, -0.1) is 0 Å². The maximum atomic E-state index is 5.77. The van der Waals surface area contributed by atoms with Gasteiger partial charge in [0.15, 0.2) is 0 Å². The molecule has 0 radical (unpaired) electrons. The summed E-state index contributed by atoms with van der Waals surface area (Å²) in [6, 6.07) is 6.70. The van der Waals surface area contributed by atoms with E-state index in [1.54, 1.807) is 7.11 Å². The fraction of sp³-hybridized carbons (Fsp3) is 0.667. The predicted molar refractivity (Wildman–Crippen MR) is 88.4 cm³/mol. The van der Waals surface area contributed by atoms with Crippen molar-refractivity contribution in [3.05, 3.63) is 29.3 Å². The lowest BCUT2D eigenvalue weighted by Crippen LogP contribution is -2.37. The first-order valence-corrected chi connectivity index (χ1v) is 8.32. The fourth-order valence-electron chi connectivity index (χ4n) is 3.49. The number of methoxy groups -OCH3 is 1. The Labute approximate surface area is 129 Å². The van der Waals surface area contributed by atoms with Crippen LogP contribution in [0.15, 0.2) is 18.2 Å². The van der Waals surface area contributed by atoms with E-state index in [-0.39, 0.29) is 0 Å². The van der Waals surface area contributed by atoms with Crippen molar-refractivity contribution in [2.45, 2.75) is 64.3 Å². The second-order valence-corrected chi connectivity index (χ2v) is 6.46. The van der Waals surface area contributed by atoms with Crippen LogP contribution in [0.3, 0.4) is 0 Å². The number of nitrogens with two attached hydrogens (primary N) is 1. The molecule has 1 unspecified atom stereocenters. The molecule has 118 valence electrons. The van der Waals surface area contributed by atoms with E-state index in [2.05, 4.69) is 30.5 Å². The van der Waals surface area contributed by atoms with Crippen molar-refractivity contribution in [3.63, 3.8) is 0 Å². The summed E-state index contributed by atoms with van der Waals surface area (Å²) in [4.78, 5) is 0. The summed E-state index contributed by atoms with van der Waals surface area (Å²) in [6.07, 6.45) is 10.5.